The molecule has 1 aliphatic heterocycles. The van der Waals surface area contributed by atoms with E-state index >= 15 is 0 Å². The molecule has 0 aromatic carbocycles. The van der Waals surface area contributed by atoms with E-state index in [2.05, 4.69) is 28.3 Å². The number of carbonyl (C=O) groups excluding carboxylic acids is 3. The fourth-order valence-electron chi connectivity index (χ4n) is 3.20. The van der Waals surface area contributed by atoms with Crippen LogP contribution in [-0.2, 0) is 19.2 Å². The molecule has 0 bridgehead atoms. The van der Waals surface area contributed by atoms with Crippen LogP contribution in [0.1, 0.15) is 32.6 Å². The zero-order valence-corrected chi connectivity index (χ0v) is 18.8. The van der Waals surface area contributed by atoms with Crippen molar-refractivity contribution in [3.05, 3.63) is 0 Å². The third-order valence-corrected chi connectivity index (χ3v) is 5.38. The number of carboxylic acid groups (broad SMARTS) is 1. The molecule has 3 amide bonds. The van der Waals surface area contributed by atoms with E-state index in [-0.39, 0.29) is 31.2 Å². The zero-order valence-electron chi connectivity index (χ0n) is 17.9. The third-order valence-electron chi connectivity index (χ3n) is 5.02. The number of aliphatic carboxylic acids is 1. The van der Waals surface area contributed by atoms with Crippen molar-refractivity contribution in [2.75, 3.05) is 18.8 Å². The third kappa shape index (κ3) is 8.16. The van der Waals surface area contributed by atoms with Crippen molar-refractivity contribution in [2.24, 2.45) is 22.2 Å². The number of hydrogen-bond acceptors (Lipinski definition) is 8. The van der Waals surface area contributed by atoms with Crippen LogP contribution in [-0.4, -0.2) is 93.9 Å². The second kappa shape index (κ2) is 13.1. The van der Waals surface area contributed by atoms with Crippen molar-refractivity contribution < 1.29 is 29.4 Å². The van der Waals surface area contributed by atoms with Gasteiger partial charge in [0.25, 0.3) is 0 Å². The van der Waals surface area contributed by atoms with Crippen LogP contribution in [0.3, 0.4) is 0 Å². The molecule has 0 radical (unpaired) electrons. The largest absolute Gasteiger partial charge is 0.480 e. The normalized spacial score (nSPS) is 19.4. The Labute approximate surface area is 191 Å². The molecule has 14 heteroatoms. The number of aliphatic imine (C=N–C) groups is 1. The Bertz CT molecular complexity index is 716. The predicted molar refractivity (Wildman–Crippen MR) is 120 cm³/mol. The number of rotatable bonds is 12. The van der Waals surface area contributed by atoms with Gasteiger partial charge in [-0.2, -0.15) is 12.6 Å². The van der Waals surface area contributed by atoms with Crippen molar-refractivity contribution >= 4 is 42.3 Å². The van der Waals surface area contributed by atoms with Crippen molar-refractivity contribution in [1.29, 1.82) is 0 Å². The van der Waals surface area contributed by atoms with Gasteiger partial charge in [0.05, 0.1) is 6.10 Å². The topological polar surface area (TPSA) is 226 Å². The Morgan fingerprint density at radius 1 is 1.22 bits per heavy atom. The number of hydrogen-bond donors (Lipinski definition) is 8. The fourth-order valence-corrected chi connectivity index (χ4v) is 3.45. The number of aliphatic hydroxyl groups excluding tert-OH is 1. The first-order valence-electron chi connectivity index (χ1n) is 10.2. The predicted octanol–water partition coefficient (Wildman–Crippen LogP) is -3.28. The highest BCUT2D eigenvalue weighted by atomic mass is 32.1. The van der Waals surface area contributed by atoms with Crippen LogP contribution in [0.5, 0.6) is 0 Å². The summed E-state index contributed by atoms with van der Waals surface area (Å²) in [5.41, 5.74) is 16.2. The molecule has 5 unspecified atom stereocenters. The number of likely N-dealkylation sites (tertiary alicyclic amines) is 1. The number of thiol groups is 1. The minimum absolute atomic E-state index is 0.109. The van der Waals surface area contributed by atoms with E-state index in [9.17, 15) is 24.3 Å². The van der Waals surface area contributed by atoms with Gasteiger partial charge in [0.2, 0.25) is 17.7 Å². The number of aliphatic hydroxyl groups is 1. The van der Waals surface area contributed by atoms with Crippen LogP contribution in [0.15, 0.2) is 4.99 Å². The lowest BCUT2D eigenvalue weighted by molar-refractivity contribution is -0.144. The molecule has 0 aromatic rings. The first-order chi connectivity index (χ1) is 15.0. The molecule has 13 nitrogen and oxygen atoms in total. The van der Waals surface area contributed by atoms with E-state index in [0.717, 1.165) is 0 Å². The molecule has 5 atom stereocenters. The van der Waals surface area contributed by atoms with Crippen LogP contribution in [0.25, 0.3) is 0 Å². The average Bonchev–Trinajstić information content (AvgIpc) is 3.22. The Hall–Kier alpha value is -2.58. The summed E-state index contributed by atoms with van der Waals surface area (Å²) >= 11 is 3.92. The number of guanidine groups is 1. The fraction of sp³-hybridized carbons (Fsp3) is 0.722. The highest BCUT2D eigenvalue weighted by Crippen LogP contribution is 2.20. The standard InChI is InChI=1S/C18H33N7O6S/c1-9(26)13(19)15(28)23-10(4-2-6-22-18(20)21)16(29)25-7-3-5-12(25)14(27)24-11(8-32)17(30)31/h9-13,26,32H,2-8,19H2,1H3,(H,23,28)(H,24,27)(H,30,31)(H4,20,21,22). The average molecular weight is 476 g/mol. The minimum atomic E-state index is -1.24. The summed E-state index contributed by atoms with van der Waals surface area (Å²) in [6, 6.07) is -4.35. The number of amides is 3. The molecule has 32 heavy (non-hydrogen) atoms. The molecule has 0 aliphatic carbocycles. The van der Waals surface area contributed by atoms with Crippen LogP contribution in [0.2, 0.25) is 0 Å². The number of carbonyl (C=O) groups is 4. The molecule has 1 fully saturated rings. The number of nitrogens with zero attached hydrogens (tertiary/aromatic N) is 2. The maximum absolute atomic E-state index is 13.2. The van der Waals surface area contributed by atoms with E-state index in [1.165, 1.54) is 11.8 Å². The second-order valence-corrected chi connectivity index (χ2v) is 7.91. The van der Waals surface area contributed by atoms with Gasteiger partial charge in [-0.1, -0.05) is 0 Å². The van der Waals surface area contributed by atoms with Gasteiger partial charge in [-0.3, -0.25) is 19.4 Å². The maximum Gasteiger partial charge on any atom is 0.327 e. The molecular weight excluding hydrogens is 442 g/mol. The van der Waals surface area contributed by atoms with Crippen LogP contribution in [0.4, 0.5) is 0 Å². The van der Waals surface area contributed by atoms with Crippen molar-refractivity contribution in [2.45, 2.75) is 62.9 Å². The zero-order chi connectivity index (χ0) is 24.4. The molecular formula is C18H33N7O6S. The highest BCUT2D eigenvalue weighted by Gasteiger charge is 2.39. The lowest BCUT2D eigenvalue weighted by Crippen LogP contribution is -2.58. The smallest absolute Gasteiger partial charge is 0.327 e. The van der Waals surface area contributed by atoms with E-state index in [0.29, 0.717) is 19.3 Å². The maximum atomic E-state index is 13.2. The lowest BCUT2D eigenvalue weighted by atomic mass is 10.1. The molecule has 1 heterocycles. The van der Waals surface area contributed by atoms with Crippen LogP contribution >= 0.6 is 12.6 Å². The van der Waals surface area contributed by atoms with Gasteiger partial charge in [-0.25, -0.2) is 4.79 Å². The van der Waals surface area contributed by atoms with Gasteiger partial charge in [-0.05, 0) is 32.6 Å². The Balaban J connectivity index is 2.96. The van der Waals surface area contributed by atoms with E-state index in [1.54, 1.807) is 0 Å². The monoisotopic (exact) mass is 475 g/mol. The molecule has 1 saturated heterocycles. The Kier molecular flexibility index (Phi) is 11.2. The summed E-state index contributed by atoms with van der Waals surface area (Å²) in [6.45, 7) is 1.83. The van der Waals surface area contributed by atoms with E-state index in [4.69, 9.17) is 22.3 Å². The van der Waals surface area contributed by atoms with Gasteiger partial charge in [0, 0.05) is 18.8 Å². The van der Waals surface area contributed by atoms with Gasteiger partial charge >= 0.3 is 5.97 Å². The lowest BCUT2D eigenvalue weighted by Gasteiger charge is -2.30. The van der Waals surface area contributed by atoms with E-state index < -0.39 is 54.0 Å². The Morgan fingerprint density at radius 3 is 2.41 bits per heavy atom. The molecule has 0 saturated carbocycles. The van der Waals surface area contributed by atoms with Gasteiger partial charge in [0.15, 0.2) is 5.96 Å². The first-order valence-corrected chi connectivity index (χ1v) is 10.9. The quantitative estimate of drug-likeness (QED) is 0.0612. The number of nitrogens with two attached hydrogens (primary N) is 3. The molecule has 182 valence electrons. The highest BCUT2D eigenvalue weighted by molar-refractivity contribution is 7.80. The SMILES string of the molecule is CC(O)C(N)C(=O)NC(CCCN=C(N)N)C(=O)N1CCCC1C(=O)NC(CS)C(=O)O. The number of nitrogens with one attached hydrogen (secondary N) is 2. The van der Waals surface area contributed by atoms with E-state index in [1.807, 2.05) is 0 Å². The van der Waals surface area contributed by atoms with Crippen molar-refractivity contribution in [3.63, 3.8) is 0 Å². The van der Waals surface area contributed by atoms with Gasteiger partial charge in [0.1, 0.15) is 24.2 Å². The van der Waals surface area contributed by atoms with Gasteiger partial charge < -0.3 is 42.9 Å². The summed E-state index contributed by atoms with van der Waals surface area (Å²) in [6.07, 6.45) is 0.256. The Morgan fingerprint density at radius 2 is 1.88 bits per heavy atom. The molecule has 1 aliphatic rings. The summed E-state index contributed by atoms with van der Waals surface area (Å²) < 4.78 is 0. The molecule has 1 rings (SSSR count). The van der Waals surface area contributed by atoms with Crippen molar-refractivity contribution in [3.8, 4) is 0 Å². The molecule has 0 aromatic heterocycles. The summed E-state index contributed by atoms with van der Waals surface area (Å²) in [5, 5.41) is 23.6. The van der Waals surface area contributed by atoms with Gasteiger partial charge in [-0.15, -0.1) is 0 Å². The number of carboxylic acids is 1. The first kappa shape index (κ1) is 27.5. The summed E-state index contributed by atoms with van der Waals surface area (Å²) in [5.74, 6) is -3.30. The summed E-state index contributed by atoms with van der Waals surface area (Å²) in [4.78, 5) is 54.5. The minimum Gasteiger partial charge on any atom is -0.480 e. The van der Waals surface area contributed by atoms with Crippen molar-refractivity contribution in [1.82, 2.24) is 15.5 Å². The molecule has 10 N–H and O–H groups in total. The van der Waals surface area contributed by atoms with Crippen LogP contribution in [0, 0.1) is 0 Å². The second-order valence-electron chi connectivity index (χ2n) is 7.55. The van der Waals surface area contributed by atoms with Crippen LogP contribution < -0.4 is 27.8 Å². The molecule has 0 spiro atoms. The summed E-state index contributed by atoms with van der Waals surface area (Å²) in [7, 11) is 0.